The molecule has 166 valence electrons. The Kier molecular flexibility index (Phi) is 6.22. The normalized spacial score (nSPS) is 12.4. The van der Waals surface area contributed by atoms with E-state index < -0.39 is 15.9 Å². The van der Waals surface area contributed by atoms with E-state index in [0.29, 0.717) is 33.5 Å². The lowest BCUT2D eigenvalue weighted by Gasteiger charge is -2.10. The monoisotopic (exact) mass is 474 g/mol. The number of hydrogen-bond acceptors (Lipinski definition) is 6. The van der Waals surface area contributed by atoms with Gasteiger partial charge in [-0.1, -0.05) is 23.7 Å². The Bertz CT molecular complexity index is 1280. The maximum atomic E-state index is 12.8. The van der Waals surface area contributed by atoms with E-state index in [1.54, 1.807) is 36.4 Å². The highest BCUT2D eigenvalue weighted by Crippen LogP contribution is 2.32. The predicted octanol–water partition coefficient (Wildman–Crippen LogP) is 3.81. The van der Waals surface area contributed by atoms with Crippen LogP contribution >= 0.6 is 11.6 Å². The number of carbonyl (C=O) groups excluding carboxylic acids is 1. The molecule has 0 aromatic heterocycles. The van der Waals surface area contributed by atoms with Crippen LogP contribution in [0.4, 0.5) is 5.69 Å². The minimum absolute atomic E-state index is 0.0290. The number of halogens is 1. The molecule has 0 radical (unpaired) electrons. The molecule has 10 heteroatoms. The lowest BCUT2D eigenvalue weighted by Crippen LogP contribution is -2.23. The zero-order valence-corrected chi connectivity index (χ0v) is 18.5. The maximum Gasteiger partial charge on any atom is 0.255 e. The first-order chi connectivity index (χ1) is 15.4. The lowest BCUT2D eigenvalue weighted by atomic mass is 10.2. The Morgan fingerprint density at radius 3 is 2.66 bits per heavy atom. The van der Waals surface area contributed by atoms with Crippen LogP contribution in [-0.4, -0.2) is 28.2 Å². The average Bonchev–Trinajstić information content (AvgIpc) is 3.26. The standard InChI is InChI=1S/C22H19ClN2O6S/c1-29-19-8-6-16(11-18(19)23)25-22(26)15-3-2-4-17(10-15)32(27,28)24-12-14-5-7-20-21(9-14)31-13-30-20/h2-11,24H,12-13H2,1H3,(H,25,26). The van der Waals surface area contributed by atoms with Crippen molar-refractivity contribution in [2.45, 2.75) is 11.4 Å². The molecule has 0 spiro atoms. The summed E-state index contributed by atoms with van der Waals surface area (Å²) in [4.78, 5) is 12.6. The first-order valence-corrected chi connectivity index (χ1v) is 11.3. The van der Waals surface area contributed by atoms with Crippen molar-refractivity contribution in [3.63, 3.8) is 0 Å². The van der Waals surface area contributed by atoms with Gasteiger partial charge in [0.1, 0.15) is 5.75 Å². The van der Waals surface area contributed by atoms with Crippen LogP contribution in [0.2, 0.25) is 5.02 Å². The first-order valence-electron chi connectivity index (χ1n) is 9.49. The van der Waals surface area contributed by atoms with Crippen molar-refractivity contribution in [3.05, 3.63) is 76.8 Å². The number of nitrogens with one attached hydrogen (secondary N) is 2. The molecular formula is C22H19ClN2O6S. The van der Waals surface area contributed by atoms with Gasteiger partial charge in [-0.25, -0.2) is 13.1 Å². The van der Waals surface area contributed by atoms with Crippen molar-refractivity contribution in [2.75, 3.05) is 19.2 Å². The fourth-order valence-electron chi connectivity index (χ4n) is 3.06. The molecule has 1 heterocycles. The third-order valence-electron chi connectivity index (χ3n) is 4.72. The summed E-state index contributed by atoms with van der Waals surface area (Å²) in [7, 11) is -2.36. The van der Waals surface area contributed by atoms with E-state index in [9.17, 15) is 13.2 Å². The van der Waals surface area contributed by atoms with E-state index in [1.807, 2.05) is 0 Å². The van der Waals surface area contributed by atoms with Crippen LogP contribution in [0.5, 0.6) is 17.2 Å². The fourth-order valence-corrected chi connectivity index (χ4v) is 4.39. The Hall–Kier alpha value is -3.27. The van der Waals surface area contributed by atoms with Gasteiger partial charge in [0.15, 0.2) is 11.5 Å². The fraction of sp³-hybridized carbons (Fsp3) is 0.136. The van der Waals surface area contributed by atoms with Crippen LogP contribution in [0.3, 0.4) is 0 Å². The summed E-state index contributed by atoms with van der Waals surface area (Å²) in [6, 6.07) is 15.8. The smallest absolute Gasteiger partial charge is 0.255 e. The Morgan fingerprint density at radius 2 is 1.88 bits per heavy atom. The Balaban J connectivity index is 1.46. The molecular weight excluding hydrogens is 456 g/mol. The highest BCUT2D eigenvalue weighted by molar-refractivity contribution is 7.89. The summed E-state index contributed by atoms with van der Waals surface area (Å²) < 4.78 is 43.7. The molecule has 0 unspecified atom stereocenters. The predicted molar refractivity (Wildman–Crippen MR) is 119 cm³/mol. The van der Waals surface area contributed by atoms with E-state index >= 15 is 0 Å². The van der Waals surface area contributed by atoms with Gasteiger partial charge >= 0.3 is 0 Å². The number of fused-ring (bicyclic) bond motifs is 1. The Labute approximate surface area is 190 Å². The molecule has 8 nitrogen and oxygen atoms in total. The van der Waals surface area contributed by atoms with Gasteiger partial charge in [-0.3, -0.25) is 4.79 Å². The van der Waals surface area contributed by atoms with Crippen LogP contribution in [0, 0.1) is 0 Å². The number of ether oxygens (including phenoxy) is 3. The average molecular weight is 475 g/mol. The minimum Gasteiger partial charge on any atom is -0.495 e. The van der Waals surface area contributed by atoms with E-state index in [2.05, 4.69) is 10.0 Å². The summed E-state index contributed by atoms with van der Waals surface area (Å²) in [6.07, 6.45) is 0. The van der Waals surface area contributed by atoms with Gasteiger partial charge in [-0.05, 0) is 54.1 Å². The summed E-state index contributed by atoms with van der Waals surface area (Å²) >= 11 is 6.08. The van der Waals surface area contributed by atoms with Crippen molar-refractivity contribution in [1.82, 2.24) is 4.72 Å². The van der Waals surface area contributed by atoms with Gasteiger partial charge in [0, 0.05) is 17.8 Å². The summed E-state index contributed by atoms with van der Waals surface area (Å²) in [6.45, 7) is 0.196. The minimum atomic E-state index is -3.86. The topological polar surface area (TPSA) is 103 Å². The highest BCUT2D eigenvalue weighted by Gasteiger charge is 2.18. The van der Waals surface area contributed by atoms with Crippen LogP contribution in [-0.2, 0) is 16.6 Å². The molecule has 1 aliphatic heterocycles. The maximum absolute atomic E-state index is 12.8. The molecule has 0 atom stereocenters. The largest absolute Gasteiger partial charge is 0.495 e. The number of methoxy groups -OCH3 is 1. The van der Waals surface area contributed by atoms with Gasteiger partial charge in [0.25, 0.3) is 5.91 Å². The second-order valence-corrected chi connectivity index (χ2v) is 9.02. The number of hydrogen-bond donors (Lipinski definition) is 2. The molecule has 3 aromatic carbocycles. The second kappa shape index (κ2) is 9.07. The van der Waals surface area contributed by atoms with Crippen LogP contribution in [0.25, 0.3) is 0 Å². The van der Waals surface area contributed by atoms with Crippen LogP contribution in [0.15, 0.2) is 65.6 Å². The number of anilines is 1. The Morgan fingerprint density at radius 1 is 1.06 bits per heavy atom. The van der Waals surface area contributed by atoms with Crippen molar-refractivity contribution >= 4 is 33.2 Å². The number of rotatable bonds is 7. The number of benzene rings is 3. The quantitative estimate of drug-likeness (QED) is 0.539. The molecule has 3 aromatic rings. The van der Waals surface area contributed by atoms with E-state index in [4.69, 9.17) is 25.8 Å². The van der Waals surface area contributed by atoms with Gasteiger partial charge in [-0.2, -0.15) is 0 Å². The van der Waals surface area contributed by atoms with Crippen molar-refractivity contribution in [2.24, 2.45) is 0 Å². The van der Waals surface area contributed by atoms with Crippen molar-refractivity contribution in [3.8, 4) is 17.2 Å². The molecule has 0 saturated carbocycles. The van der Waals surface area contributed by atoms with E-state index in [-0.39, 0.29) is 23.8 Å². The molecule has 1 amide bonds. The molecule has 0 aliphatic carbocycles. The van der Waals surface area contributed by atoms with Crippen LogP contribution < -0.4 is 24.2 Å². The summed E-state index contributed by atoms with van der Waals surface area (Å²) in [5.74, 6) is 1.19. The molecule has 32 heavy (non-hydrogen) atoms. The molecule has 2 N–H and O–H groups in total. The molecule has 0 fully saturated rings. The second-order valence-electron chi connectivity index (χ2n) is 6.84. The lowest BCUT2D eigenvalue weighted by molar-refractivity contribution is 0.102. The molecule has 4 rings (SSSR count). The number of sulfonamides is 1. The molecule has 0 bridgehead atoms. The van der Waals surface area contributed by atoms with Gasteiger partial charge in [0.05, 0.1) is 17.0 Å². The highest BCUT2D eigenvalue weighted by atomic mass is 35.5. The van der Waals surface area contributed by atoms with Crippen LogP contribution in [0.1, 0.15) is 15.9 Å². The number of carbonyl (C=O) groups is 1. The molecule has 0 saturated heterocycles. The van der Waals surface area contributed by atoms with Gasteiger partial charge in [0.2, 0.25) is 16.8 Å². The van der Waals surface area contributed by atoms with E-state index in [1.165, 1.54) is 31.4 Å². The van der Waals surface area contributed by atoms with Crippen molar-refractivity contribution < 1.29 is 27.4 Å². The third-order valence-corrected chi connectivity index (χ3v) is 6.41. The SMILES string of the molecule is COc1ccc(NC(=O)c2cccc(S(=O)(=O)NCc3ccc4c(c3)OCO4)c2)cc1Cl. The number of amides is 1. The van der Waals surface area contributed by atoms with E-state index in [0.717, 1.165) is 0 Å². The first kappa shape index (κ1) is 21.9. The zero-order valence-electron chi connectivity index (χ0n) is 16.9. The molecule has 1 aliphatic rings. The third kappa shape index (κ3) is 4.80. The zero-order chi connectivity index (χ0) is 22.7. The van der Waals surface area contributed by atoms with Gasteiger partial charge < -0.3 is 19.5 Å². The van der Waals surface area contributed by atoms with Crippen molar-refractivity contribution in [1.29, 1.82) is 0 Å². The van der Waals surface area contributed by atoms with Gasteiger partial charge in [-0.15, -0.1) is 0 Å². The summed E-state index contributed by atoms with van der Waals surface area (Å²) in [5.41, 5.74) is 1.35. The summed E-state index contributed by atoms with van der Waals surface area (Å²) in [5, 5.41) is 3.03.